The number of pyridine rings is 2. The largest absolute Gasteiger partial charge is 0.376 e. The van der Waals surface area contributed by atoms with Crippen LogP contribution in [0.15, 0.2) is 30.6 Å². The molecule has 0 unspecified atom stereocenters. The predicted octanol–water partition coefficient (Wildman–Crippen LogP) is 3.08. The van der Waals surface area contributed by atoms with Crippen molar-refractivity contribution in [3.63, 3.8) is 0 Å². The van der Waals surface area contributed by atoms with Crippen LogP contribution in [0.2, 0.25) is 0 Å². The Morgan fingerprint density at radius 3 is 2.85 bits per heavy atom. The summed E-state index contributed by atoms with van der Waals surface area (Å²) in [6, 6.07) is 6.16. The number of ether oxygens (including phenoxy) is 2. The van der Waals surface area contributed by atoms with Gasteiger partial charge < -0.3 is 19.4 Å². The highest BCUT2D eigenvalue weighted by atomic mass is 19.1. The molecule has 0 atom stereocenters. The van der Waals surface area contributed by atoms with Crippen molar-refractivity contribution in [1.82, 2.24) is 15.0 Å². The molecule has 1 N–H and O–H groups in total. The second kappa shape index (κ2) is 7.97. The number of aromatic amines is 1. The van der Waals surface area contributed by atoms with Gasteiger partial charge in [-0.1, -0.05) is 0 Å². The van der Waals surface area contributed by atoms with Gasteiger partial charge in [0.15, 0.2) is 0 Å². The normalized spacial score (nSPS) is 16.0. The first-order valence-corrected chi connectivity index (χ1v) is 9.08. The SMILES string of the molecule is FCCOCCOC1CCN(c2ccc3c(n2)[nH]c2ccncc23)CC1. The molecule has 0 bridgehead atoms. The number of fused-ring (bicyclic) bond motifs is 3. The van der Waals surface area contributed by atoms with E-state index in [1.54, 1.807) is 6.20 Å². The highest BCUT2D eigenvalue weighted by Crippen LogP contribution is 2.27. The lowest BCUT2D eigenvalue weighted by Crippen LogP contribution is -2.37. The number of H-pyrrole nitrogens is 1. The van der Waals surface area contributed by atoms with Crippen molar-refractivity contribution in [3.05, 3.63) is 30.6 Å². The van der Waals surface area contributed by atoms with Gasteiger partial charge in [-0.3, -0.25) is 4.98 Å². The number of hydrogen-bond acceptors (Lipinski definition) is 5. The third-order valence-corrected chi connectivity index (χ3v) is 4.81. The van der Waals surface area contributed by atoms with Crippen LogP contribution in [-0.2, 0) is 9.47 Å². The number of piperidine rings is 1. The molecule has 0 aromatic carbocycles. The molecule has 1 aliphatic heterocycles. The van der Waals surface area contributed by atoms with Crippen LogP contribution in [0.5, 0.6) is 0 Å². The lowest BCUT2D eigenvalue weighted by molar-refractivity contribution is -0.00667. The molecule has 6 nitrogen and oxygen atoms in total. The van der Waals surface area contributed by atoms with Crippen LogP contribution in [-0.4, -0.2) is 60.6 Å². The van der Waals surface area contributed by atoms with Gasteiger partial charge in [0.25, 0.3) is 0 Å². The zero-order chi connectivity index (χ0) is 17.8. The van der Waals surface area contributed by atoms with Crippen molar-refractivity contribution < 1.29 is 13.9 Å². The van der Waals surface area contributed by atoms with E-state index in [9.17, 15) is 4.39 Å². The van der Waals surface area contributed by atoms with E-state index < -0.39 is 6.67 Å². The fourth-order valence-electron chi connectivity index (χ4n) is 3.47. The first-order chi connectivity index (χ1) is 12.8. The van der Waals surface area contributed by atoms with Crippen molar-refractivity contribution in [2.24, 2.45) is 0 Å². The first kappa shape index (κ1) is 17.2. The summed E-state index contributed by atoms with van der Waals surface area (Å²) in [5.41, 5.74) is 1.95. The second-order valence-electron chi connectivity index (χ2n) is 6.47. The summed E-state index contributed by atoms with van der Waals surface area (Å²) < 4.78 is 22.9. The van der Waals surface area contributed by atoms with Gasteiger partial charge in [0.1, 0.15) is 18.1 Å². The highest BCUT2D eigenvalue weighted by molar-refractivity contribution is 6.05. The van der Waals surface area contributed by atoms with Crippen molar-refractivity contribution in [1.29, 1.82) is 0 Å². The summed E-state index contributed by atoms with van der Waals surface area (Å²) in [4.78, 5) is 14.7. The van der Waals surface area contributed by atoms with E-state index in [1.807, 2.05) is 12.3 Å². The number of hydrogen-bond donors (Lipinski definition) is 1. The van der Waals surface area contributed by atoms with Gasteiger partial charge in [-0.15, -0.1) is 0 Å². The van der Waals surface area contributed by atoms with Crippen LogP contribution in [0.1, 0.15) is 12.8 Å². The molecule has 26 heavy (non-hydrogen) atoms. The Hall–Kier alpha value is -2.25. The minimum atomic E-state index is -0.442. The van der Waals surface area contributed by atoms with Crippen molar-refractivity contribution in [2.75, 3.05) is 44.5 Å². The lowest BCUT2D eigenvalue weighted by atomic mass is 10.1. The second-order valence-corrected chi connectivity index (χ2v) is 6.47. The maximum atomic E-state index is 12.0. The number of anilines is 1. The van der Waals surface area contributed by atoms with E-state index in [1.165, 1.54) is 0 Å². The molecule has 3 aromatic heterocycles. The van der Waals surface area contributed by atoms with Crippen LogP contribution in [0.3, 0.4) is 0 Å². The van der Waals surface area contributed by atoms with Gasteiger partial charge in [0, 0.05) is 36.3 Å². The predicted molar refractivity (Wildman–Crippen MR) is 99.4 cm³/mol. The van der Waals surface area contributed by atoms with Crippen LogP contribution in [0, 0.1) is 0 Å². The maximum Gasteiger partial charge on any atom is 0.140 e. The molecule has 138 valence electrons. The number of nitrogens with one attached hydrogen (secondary N) is 1. The summed E-state index contributed by atoms with van der Waals surface area (Å²) in [6.45, 7) is 2.52. The van der Waals surface area contributed by atoms with E-state index in [2.05, 4.69) is 27.0 Å². The van der Waals surface area contributed by atoms with E-state index in [-0.39, 0.29) is 12.7 Å². The first-order valence-electron chi connectivity index (χ1n) is 9.08. The molecule has 0 radical (unpaired) electrons. The summed E-state index contributed by atoms with van der Waals surface area (Å²) in [6.07, 6.45) is 5.81. The minimum absolute atomic E-state index is 0.153. The molecule has 4 heterocycles. The van der Waals surface area contributed by atoms with Crippen LogP contribution in [0.25, 0.3) is 21.9 Å². The van der Waals surface area contributed by atoms with Crippen molar-refractivity contribution in [3.8, 4) is 0 Å². The van der Waals surface area contributed by atoms with E-state index >= 15 is 0 Å². The molecule has 0 aliphatic carbocycles. The summed E-state index contributed by atoms with van der Waals surface area (Å²) in [5, 5.41) is 2.20. The van der Waals surface area contributed by atoms with Gasteiger partial charge in [-0.05, 0) is 31.0 Å². The Morgan fingerprint density at radius 2 is 2.00 bits per heavy atom. The molecule has 0 spiro atoms. The van der Waals surface area contributed by atoms with E-state index in [0.29, 0.717) is 13.2 Å². The summed E-state index contributed by atoms with van der Waals surface area (Å²) in [7, 11) is 0. The average Bonchev–Trinajstić information content (AvgIpc) is 3.06. The number of aromatic nitrogens is 3. The molecule has 1 aliphatic rings. The van der Waals surface area contributed by atoms with Gasteiger partial charge >= 0.3 is 0 Å². The molecule has 7 heteroatoms. The van der Waals surface area contributed by atoms with Gasteiger partial charge in [0.05, 0.1) is 31.4 Å². The highest BCUT2D eigenvalue weighted by Gasteiger charge is 2.21. The quantitative estimate of drug-likeness (QED) is 0.658. The molecule has 0 amide bonds. The Morgan fingerprint density at radius 1 is 1.12 bits per heavy atom. The Kier molecular flexibility index (Phi) is 5.26. The fraction of sp³-hybridized carbons (Fsp3) is 0.474. The molecule has 0 saturated carbocycles. The fourth-order valence-corrected chi connectivity index (χ4v) is 3.47. The number of nitrogens with zero attached hydrogens (tertiary/aromatic N) is 3. The molecule has 3 aromatic rings. The minimum Gasteiger partial charge on any atom is -0.376 e. The Balaban J connectivity index is 1.36. The molecule has 1 fully saturated rings. The summed E-state index contributed by atoms with van der Waals surface area (Å²) >= 11 is 0. The maximum absolute atomic E-state index is 12.0. The van der Waals surface area contributed by atoms with E-state index in [0.717, 1.165) is 53.7 Å². The van der Waals surface area contributed by atoms with Crippen molar-refractivity contribution in [2.45, 2.75) is 18.9 Å². The number of rotatable bonds is 7. The lowest BCUT2D eigenvalue weighted by Gasteiger charge is -2.32. The van der Waals surface area contributed by atoms with Gasteiger partial charge in [0.2, 0.25) is 0 Å². The van der Waals surface area contributed by atoms with E-state index in [4.69, 9.17) is 14.5 Å². The zero-order valence-corrected chi connectivity index (χ0v) is 14.7. The summed E-state index contributed by atoms with van der Waals surface area (Å²) in [5.74, 6) is 0.988. The number of alkyl halides is 1. The zero-order valence-electron chi connectivity index (χ0n) is 14.7. The van der Waals surface area contributed by atoms with Gasteiger partial charge in [-0.2, -0.15) is 0 Å². The van der Waals surface area contributed by atoms with Gasteiger partial charge in [-0.25, -0.2) is 9.37 Å². The third-order valence-electron chi connectivity index (χ3n) is 4.81. The number of halogens is 1. The average molecular weight is 358 g/mol. The smallest absolute Gasteiger partial charge is 0.140 e. The van der Waals surface area contributed by atoms with Crippen molar-refractivity contribution >= 4 is 27.8 Å². The van der Waals surface area contributed by atoms with Crippen LogP contribution in [0.4, 0.5) is 10.2 Å². The Bertz CT molecular complexity index is 861. The monoisotopic (exact) mass is 358 g/mol. The molecule has 1 saturated heterocycles. The third kappa shape index (κ3) is 3.64. The van der Waals surface area contributed by atoms with Crippen LogP contribution >= 0.6 is 0 Å². The molecule has 4 rings (SSSR count). The molecular weight excluding hydrogens is 335 g/mol. The molecular formula is C19H23FN4O2. The Labute approximate surface area is 151 Å². The standard InChI is InChI=1S/C19H23FN4O2/c20-6-10-25-11-12-26-14-4-8-24(9-5-14)18-2-1-15-16-13-21-7-3-17(16)22-19(15)23-18/h1-3,7,13-14H,4-6,8-12H2,(H,22,23). The topological polar surface area (TPSA) is 63.3 Å². The van der Waals surface area contributed by atoms with Crippen LogP contribution < -0.4 is 4.90 Å².